The number of carboxylic acids is 1. The number of carboxylic acid groups (broad SMARTS) is 1. The molecule has 188 valence electrons. The van der Waals surface area contributed by atoms with Crippen molar-refractivity contribution in [2.24, 2.45) is 0 Å². The number of nitrogens with zero attached hydrogens (tertiary/aromatic N) is 1. The Hall–Kier alpha value is -1.91. The number of nitrogens with one attached hydrogen (secondary N) is 1. The van der Waals surface area contributed by atoms with Gasteiger partial charge in [-0.3, -0.25) is 4.79 Å². The Labute approximate surface area is 202 Å². The fourth-order valence-corrected chi connectivity index (χ4v) is 4.16. The summed E-state index contributed by atoms with van der Waals surface area (Å²) in [5, 5.41) is 11.6. The maximum absolute atomic E-state index is 11.9. The number of unbranched alkanes of at least 4 members (excludes halogenated alkanes) is 18. The number of aromatic nitrogens is 1. The molecule has 2 N–H and O–H groups in total. The van der Waals surface area contributed by atoms with Gasteiger partial charge in [-0.2, -0.15) is 0 Å². The van der Waals surface area contributed by atoms with Crippen LogP contribution in [0.5, 0.6) is 0 Å². The number of pyridine rings is 1. The largest absolute Gasteiger partial charge is 0.478 e. The summed E-state index contributed by atoms with van der Waals surface area (Å²) in [5.41, 5.74) is 0.117. The normalized spacial score (nSPS) is 10.9. The highest BCUT2D eigenvalue weighted by molar-refractivity contribution is 5.91. The van der Waals surface area contributed by atoms with E-state index in [0.717, 1.165) is 12.8 Å². The first-order valence-corrected chi connectivity index (χ1v) is 13.6. The molecule has 0 fully saturated rings. The molecule has 0 aromatic carbocycles. The molecule has 1 aromatic heterocycles. The second-order valence-electron chi connectivity index (χ2n) is 9.40. The highest BCUT2D eigenvalue weighted by atomic mass is 16.4. The maximum Gasteiger partial charge on any atom is 0.337 e. The van der Waals surface area contributed by atoms with Gasteiger partial charge >= 0.3 is 5.97 Å². The smallest absolute Gasteiger partial charge is 0.337 e. The molecule has 5 heteroatoms. The molecule has 0 aliphatic carbocycles. The van der Waals surface area contributed by atoms with Gasteiger partial charge in [0.1, 0.15) is 5.82 Å². The average molecular weight is 461 g/mol. The van der Waals surface area contributed by atoms with E-state index in [-0.39, 0.29) is 11.5 Å². The number of hydrogen-bond donors (Lipinski definition) is 2. The number of aromatic carboxylic acids is 1. The quantitative estimate of drug-likeness (QED) is 0.170. The van der Waals surface area contributed by atoms with E-state index >= 15 is 0 Å². The van der Waals surface area contributed by atoms with E-state index in [1.54, 1.807) is 0 Å². The van der Waals surface area contributed by atoms with Crippen LogP contribution in [0.1, 0.15) is 146 Å². The summed E-state index contributed by atoms with van der Waals surface area (Å²) in [6, 6.07) is 2.97. The molecule has 0 spiro atoms. The van der Waals surface area contributed by atoms with Gasteiger partial charge < -0.3 is 10.4 Å². The summed E-state index contributed by atoms with van der Waals surface area (Å²) in [6.45, 7) is 2.28. The summed E-state index contributed by atoms with van der Waals surface area (Å²) in [7, 11) is 0. The zero-order valence-electron chi connectivity index (χ0n) is 21.1. The molecule has 0 saturated carbocycles. The van der Waals surface area contributed by atoms with Crippen molar-refractivity contribution < 1.29 is 14.7 Å². The van der Waals surface area contributed by atoms with Crippen molar-refractivity contribution in [2.45, 2.75) is 135 Å². The lowest BCUT2D eigenvalue weighted by Gasteiger charge is -2.05. The van der Waals surface area contributed by atoms with E-state index < -0.39 is 5.97 Å². The van der Waals surface area contributed by atoms with E-state index in [1.165, 1.54) is 127 Å². The van der Waals surface area contributed by atoms with Gasteiger partial charge in [0.25, 0.3) is 0 Å². The molecule has 1 rings (SSSR count). The van der Waals surface area contributed by atoms with Crippen molar-refractivity contribution in [3.63, 3.8) is 0 Å². The number of hydrogen-bond acceptors (Lipinski definition) is 3. The van der Waals surface area contributed by atoms with Crippen molar-refractivity contribution in [1.82, 2.24) is 4.98 Å². The lowest BCUT2D eigenvalue weighted by atomic mass is 10.0. The minimum absolute atomic E-state index is 0.0578. The zero-order valence-corrected chi connectivity index (χ0v) is 21.1. The third-order valence-corrected chi connectivity index (χ3v) is 6.29. The molecule has 1 amide bonds. The van der Waals surface area contributed by atoms with Crippen molar-refractivity contribution in [3.05, 3.63) is 23.9 Å². The molecule has 0 radical (unpaired) electrons. The van der Waals surface area contributed by atoms with Crippen molar-refractivity contribution in [1.29, 1.82) is 0 Å². The van der Waals surface area contributed by atoms with Crippen LogP contribution in [0.3, 0.4) is 0 Å². The van der Waals surface area contributed by atoms with Crippen LogP contribution in [0, 0.1) is 0 Å². The van der Waals surface area contributed by atoms with Gasteiger partial charge in [-0.05, 0) is 18.6 Å². The lowest BCUT2D eigenvalue weighted by Crippen LogP contribution is -2.12. The summed E-state index contributed by atoms with van der Waals surface area (Å²) < 4.78 is 0. The molecule has 5 nitrogen and oxygen atoms in total. The SMILES string of the molecule is CCCCCCCCCCCCCCCCCCCCCC(=O)Nc1ccc(C(=O)O)cn1. The number of amides is 1. The minimum atomic E-state index is -1.02. The number of anilines is 1. The fourth-order valence-electron chi connectivity index (χ4n) is 4.16. The van der Waals surface area contributed by atoms with Crippen molar-refractivity contribution in [2.75, 3.05) is 5.32 Å². The number of rotatable bonds is 22. The zero-order chi connectivity index (χ0) is 24.0. The molecule has 0 aliphatic rings. The molecule has 1 heterocycles. The maximum atomic E-state index is 11.9. The summed E-state index contributed by atoms with van der Waals surface area (Å²) in [6.07, 6.45) is 27.2. The minimum Gasteiger partial charge on any atom is -0.478 e. The second-order valence-corrected chi connectivity index (χ2v) is 9.40. The van der Waals surface area contributed by atoms with Gasteiger partial charge in [-0.1, -0.05) is 122 Å². The van der Waals surface area contributed by atoms with E-state index in [1.807, 2.05) is 0 Å². The topological polar surface area (TPSA) is 79.3 Å². The van der Waals surface area contributed by atoms with E-state index in [4.69, 9.17) is 5.11 Å². The van der Waals surface area contributed by atoms with E-state index in [0.29, 0.717) is 12.2 Å². The van der Waals surface area contributed by atoms with Crippen LogP contribution in [0.2, 0.25) is 0 Å². The second kappa shape index (κ2) is 20.7. The fraction of sp³-hybridized carbons (Fsp3) is 0.750. The van der Waals surface area contributed by atoms with Crippen LogP contribution in [-0.2, 0) is 4.79 Å². The van der Waals surface area contributed by atoms with Crippen molar-refractivity contribution in [3.8, 4) is 0 Å². The summed E-state index contributed by atoms with van der Waals surface area (Å²) in [4.78, 5) is 26.7. The third kappa shape index (κ3) is 17.3. The molecular formula is C28H48N2O3. The van der Waals surface area contributed by atoms with Gasteiger partial charge in [0, 0.05) is 12.6 Å². The van der Waals surface area contributed by atoms with E-state index in [9.17, 15) is 9.59 Å². The first-order valence-electron chi connectivity index (χ1n) is 13.6. The third-order valence-electron chi connectivity index (χ3n) is 6.29. The van der Waals surface area contributed by atoms with Crippen LogP contribution in [-0.4, -0.2) is 22.0 Å². The summed E-state index contributed by atoms with van der Waals surface area (Å²) in [5.74, 6) is -0.671. The van der Waals surface area contributed by atoms with Crippen molar-refractivity contribution >= 4 is 17.7 Å². The van der Waals surface area contributed by atoms with Gasteiger partial charge in [0.15, 0.2) is 0 Å². The van der Waals surface area contributed by atoms with Crippen LogP contribution >= 0.6 is 0 Å². The molecule has 0 bridgehead atoms. The molecule has 1 aromatic rings. The van der Waals surface area contributed by atoms with E-state index in [2.05, 4.69) is 17.2 Å². The van der Waals surface area contributed by atoms with Crippen LogP contribution < -0.4 is 5.32 Å². The molecule has 0 unspecified atom stereocenters. The van der Waals surface area contributed by atoms with Crippen LogP contribution in [0.25, 0.3) is 0 Å². The van der Waals surface area contributed by atoms with Crippen LogP contribution in [0.4, 0.5) is 5.82 Å². The van der Waals surface area contributed by atoms with Gasteiger partial charge in [-0.25, -0.2) is 9.78 Å². The first kappa shape index (κ1) is 29.1. The Balaban J connectivity index is 1.80. The number of carbonyl (C=O) groups is 2. The first-order chi connectivity index (χ1) is 16.1. The number of carbonyl (C=O) groups excluding carboxylic acids is 1. The lowest BCUT2D eigenvalue weighted by molar-refractivity contribution is -0.116. The highest BCUT2D eigenvalue weighted by Crippen LogP contribution is 2.15. The van der Waals surface area contributed by atoms with Crippen LogP contribution in [0.15, 0.2) is 18.3 Å². The predicted octanol–water partition coefficient (Wildman–Crippen LogP) is 8.54. The predicted molar refractivity (Wildman–Crippen MR) is 138 cm³/mol. The Morgan fingerprint density at radius 1 is 0.697 bits per heavy atom. The van der Waals surface area contributed by atoms with Gasteiger partial charge in [0.05, 0.1) is 5.56 Å². The molecule has 0 aliphatic heterocycles. The standard InChI is InChI=1S/C28H48N2O3/c1-2-3-4-5-6-7-8-9-10-11-12-13-14-15-16-17-18-19-20-21-27(31)30-26-23-22-25(24-29-26)28(32)33/h22-24H,2-21H2,1H3,(H,32,33)(H,29,30,31). The van der Waals surface area contributed by atoms with Gasteiger partial charge in [0.2, 0.25) is 5.91 Å². The van der Waals surface area contributed by atoms with Gasteiger partial charge in [-0.15, -0.1) is 0 Å². The highest BCUT2D eigenvalue weighted by Gasteiger charge is 2.06. The molecule has 33 heavy (non-hydrogen) atoms. The molecule has 0 atom stereocenters. The average Bonchev–Trinajstić information content (AvgIpc) is 2.81. The Kier molecular flexibility index (Phi) is 18.2. The monoisotopic (exact) mass is 460 g/mol. The molecular weight excluding hydrogens is 412 g/mol. The Morgan fingerprint density at radius 2 is 1.12 bits per heavy atom. The Bertz CT molecular complexity index is 616. The Morgan fingerprint density at radius 3 is 1.48 bits per heavy atom. The molecule has 0 saturated heterocycles. The summed E-state index contributed by atoms with van der Waals surface area (Å²) >= 11 is 0.